The van der Waals surface area contributed by atoms with Gasteiger partial charge in [0.25, 0.3) is 0 Å². The van der Waals surface area contributed by atoms with Crippen molar-refractivity contribution in [1.29, 1.82) is 0 Å². The SMILES string of the molecule is Cc1cc(C)c(Oc2nc(Nc3ccc(F)cc3)nc(N3CCCCC3)n2)c(C)c1. The molecule has 1 fully saturated rings. The molecule has 30 heavy (non-hydrogen) atoms. The Kier molecular flexibility index (Phi) is 5.79. The van der Waals surface area contributed by atoms with Gasteiger partial charge in [-0.05, 0) is 75.4 Å². The second-order valence-corrected chi connectivity index (χ2v) is 7.75. The van der Waals surface area contributed by atoms with Crippen molar-refractivity contribution in [3.8, 4) is 11.8 Å². The lowest BCUT2D eigenvalue weighted by atomic mass is 10.1. The molecule has 4 rings (SSSR count). The largest absolute Gasteiger partial charge is 0.424 e. The van der Waals surface area contributed by atoms with Gasteiger partial charge in [-0.25, -0.2) is 4.39 Å². The highest BCUT2D eigenvalue weighted by molar-refractivity contribution is 5.55. The zero-order chi connectivity index (χ0) is 21.1. The lowest BCUT2D eigenvalue weighted by molar-refractivity contribution is 0.432. The van der Waals surface area contributed by atoms with Crippen molar-refractivity contribution in [3.63, 3.8) is 0 Å². The van der Waals surface area contributed by atoms with Gasteiger partial charge in [0, 0.05) is 18.8 Å². The minimum absolute atomic E-state index is 0.241. The molecule has 1 aromatic heterocycles. The van der Waals surface area contributed by atoms with Gasteiger partial charge in [0.05, 0.1) is 0 Å². The van der Waals surface area contributed by atoms with E-state index in [1.807, 2.05) is 13.8 Å². The number of ether oxygens (including phenoxy) is 1. The highest BCUT2D eigenvalue weighted by Crippen LogP contribution is 2.30. The predicted octanol–water partition coefficient (Wildman–Crippen LogP) is 5.46. The number of hydrogen-bond donors (Lipinski definition) is 1. The fraction of sp³-hybridized carbons (Fsp3) is 0.348. The molecular weight excluding hydrogens is 381 g/mol. The lowest BCUT2D eigenvalue weighted by Crippen LogP contribution is -2.31. The summed E-state index contributed by atoms with van der Waals surface area (Å²) in [6.45, 7) is 7.90. The van der Waals surface area contributed by atoms with E-state index in [9.17, 15) is 4.39 Å². The highest BCUT2D eigenvalue weighted by Gasteiger charge is 2.18. The highest BCUT2D eigenvalue weighted by atomic mass is 19.1. The maximum absolute atomic E-state index is 13.2. The molecule has 1 aliphatic rings. The molecule has 0 aliphatic carbocycles. The Bertz CT molecular complexity index is 1010. The third-order valence-electron chi connectivity index (χ3n) is 5.14. The number of aryl methyl sites for hydroxylation is 3. The summed E-state index contributed by atoms with van der Waals surface area (Å²) in [5.74, 6) is 1.42. The molecule has 3 aromatic rings. The second kappa shape index (κ2) is 8.65. The Balaban J connectivity index is 1.68. The van der Waals surface area contributed by atoms with E-state index in [0.717, 1.165) is 42.8 Å². The van der Waals surface area contributed by atoms with Crippen molar-refractivity contribution in [2.24, 2.45) is 0 Å². The summed E-state index contributed by atoms with van der Waals surface area (Å²) in [5.41, 5.74) is 3.93. The Morgan fingerprint density at radius 3 is 2.23 bits per heavy atom. The van der Waals surface area contributed by atoms with Crippen LogP contribution in [0.4, 0.5) is 22.0 Å². The van der Waals surface area contributed by atoms with Gasteiger partial charge < -0.3 is 15.0 Å². The van der Waals surface area contributed by atoms with Gasteiger partial charge in [-0.2, -0.15) is 15.0 Å². The van der Waals surface area contributed by atoms with Crippen LogP contribution in [0.15, 0.2) is 36.4 Å². The fourth-order valence-corrected chi connectivity index (χ4v) is 3.76. The fourth-order valence-electron chi connectivity index (χ4n) is 3.76. The zero-order valence-corrected chi connectivity index (χ0v) is 17.6. The third kappa shape index (κ3) is 4.67. The van der Waals surface area contributed by atoms with Crippen molar-refractivity contribution in [3.05, 3.63) is 58.9 Å². The topological polar surface area (TPSA) is 63.2 Å². The molecule has 2 heterocycles. The van der Waals surface area contributed by atoms with E-state index in [0.29, 0.717) is 17.6 Å². The molecule has 0 radical (unpaired) electrons. The summed E-state index contributed by atoms with van der Waals surface area (Å²) < 4.78 is 19.4. The lowest BCUT2D eigenvalue weighted by Gasteiger charge is -2.27. The average Bonchev–Trinajstić information content (AvgIpc) is 2.73. The van der Waals surface area contributed by atoms with Gasteiger partial charge in [-0.15, -0.1) is 0 Å². The molecule has 0 unspecified atom stereocenters. The Labute approximate surface area is 176 Å². The van der Waals surface area contributed by atoms with Crippen molar-refractivity contribution >= 4 is 17.6 Å². The molecule has 7 heteroatoms. The smallest absolute Gasteiger partial charge is 0.328 e. The van der Waals surface area contributed by atoms with Crippen LogP contribution in [0.5, 0.6) is 11.8 Å². The Morgan fingerprint density at radius 1 is 0.900 bits per heavy atom. The van der Waals surface area contributed by atoms with Crippen LogP contribution in [0.1, 0.15) is 36.0 Å². The number of anilines is 3. The molecule has 0 saturated carbocycles. The number of rotatable bonds is 5. The predicted molar refractivity (Wildman–Crippen MR) is 116 cm³/mol. The second-order valence-electron chi connectivity index (χ2n) is 7.75. The van der Waals surface area contributed by atoms with Crippen LogP contribution >= 0.6 is 0 Å². The molecular formula is C23H26FN5O. The van der Waals surface area contributed by atoms with Crippen LogP contribution in [0.25, 0.3) is 0 Å². The first-order valence-electron chi connectivity index (χ1n) is 10.3. The number of nitrogens with one attached hydrogen (secondary N) is 1. The standard InChI is InChI=1S/C23H26FN5O/c1-15-13-16(2)20(17(3)14-15)30-23-27-21(25-19-9-7-18(24)8-10-19)26-22(28-23)29-11-5-4-6-12-29/h7-10,13-14H,4-6,11-12H2,1-3H3,(H,25,26,27,28). The van der Waals surface area contributed by atoms with E-state index >= 15 is 0 Å². The number of hydrogen-bond acceptors (Lipinski definition) is 6. The number of nitrogens with zero attached hydrogens (tertiary/aromatic N) is 4. The van der Waals surface area contributed by atoms with Crippen molar-refractivity contribution < 1.29 is 9.13 Å². The van der Waals surface area contributed by atoms with Crippen LogP contribution in [0, 0.1) is 26.6 Å². The number of aromatic nitrogens is 3. The van der Waals surface area contributed by atoms with Crippen LogP contribution in [0.3, 0.4) is 0 Å². The summed E-state index contributed by atoms with van der Waals surface area (Å²) in [5, 5.41) is 3.14. The monoisotopic (exact) mass is 407 g/mol. The maximum atomic E-state index is 13.2. The summed E-state index contributed by atoms with van der Waals surface area (Å²) in [4.78, 5) is 15.8. The molecule has 1 aliphatic heterocycles. The van der Waals surface area contributed by atoms with E-state index in [1.165, 1.54) is 24.1 Å². The first-order valence-corrected chi connectivity index (χ1v) is 10.3. The van der Waals surface area contributed by atoms with E-state index < -0.39 is 0 Å². The molecule has 0 spiro atoms. The quantitative estimate of drug-likeness (QED) is 0.606. The van der Waals surface area contributed by atoms with E-state index in [1.54, 1.807) is 12.1 Å². The van der Waals surface area contributed by atoms with Gasteiger partial charge >= 0.3 is 6.01 Å². The van der Waals surface area contributed by atoms with Crippen LogP contribution in [0.2, 0.25) is 0 Å². The first kappa shape index (κ1) is 20.1. The van der Waals surface area contributed by atoms with Gasteiger partial charge in [0.15, 0.2) is 0 Å². The van der Waals surface area contributed by atoms with Gasteiger partial charge in [0.2, 0.25) is 11.9 Å². The molecule has 1 N–H and O–H groups in total. The van der Waals surface area contributed by atoms with Crippen LogP contribution in [-0.4, -0.2) is 28.0 Å². The molecule has 2 aromatic carbocycles. The minimum Gasteiger partial charge on any atom is -0.424 e. The Hall–Kier alpha value is -3.22. The number of piperidine rings is 1. The van der Waals surface area contributed by atoms with Gasteiger partial charge in [0.1, 0.15) is 11.6 Å². The molecule has 0 atom stereocenters. The summed E-state index contributed by atoms with van der Waals surface area (Å²) in [7, 11) is 0. The van der Waals surface area contributed by atoms with Crippen LogP contribution < -0.4 is 15.0 Å². The molecule has 1 saturated heterocycles. The van der Waals surface area contributed by atoms with Crippen molar-refractivity contribution in [2.45, 2.75) is 40.0 Å². The molecule has 6 nitrogen and oxygen atoms in total. The zero-order valence-electron chi connectivity index (χ0n) is 17.6. The van der Waals surface area contributed by atoms with Crippen molar-refractivity contribution in [1.82, 2.24) is 15.0 Å². The summed E-state index contributed by atoms with van der Waals surface area (Å²) >= 11 is 0. The maximum Gasteiger partial charge on any atom is 0.328 e. The average molecular weight is 407 g/mol. The Morgan fingerprint density at radius 2 is 1.57 bits per heavy atom. The van der Waals surface area contributed by atoms with E-state index in [-0.39, 0.29) is 11.8 Å². The van der Waals surface area contributed by atoms with Gasteiger partial charge in [-0.1, -0.05) is 17.7 Å². The summed E-state index contributed by atoms with van der Waals surface area (Å²) in [6.07, 6.45) is 3.44. The van der Waals surface area contributed by atoms with E-state index in [4.69, 9.17) is 4.74 Å². The number of halogens is 1. The molecule has 156 valence electrons. The molecule has 0 amide bonds. The molecule has 0 bridgehead atoms. The normalized spacial score (nSPS) is 13.9. The van der Waals surface area contributed by atoms with E-state index in [2.05, 4.69) is 44.2 Å². The minimum atomic E-state index is -0.292. The van der Waals surface area contributed by atoms with Gasteiger partial charge in [-0.3, -0.25) is 0 Å². The van der Waals surface area contributed by atoms with Crippen molar-refractivity contribution in [2.75, 3.05) is 23.3 Å². The summed E-state index contributed by atoms with van der Waals surface area (Å²) in [6, 6.07) is 10.5. The third-order valence-corrected chi connectivity index (χ3v) is 5.14. The first-order chi connectivity index (χ1) is 14.5. The van der Waals surface area contributed by atoms with Crippen LogP contribution in [-0.2, 0) is 0 Å². The number of benzene rings is 2.